The molecule has 0 N–H and O–H groups in total. The van der Waals surface area contributed by atoms with Gasteiger partial charge >= 0.3 is 0 Å². The highest BCUT2D eigenvalue weighted by molar-refractivity contribution is 6.77. The highest BCUT2D eigenvalue weighted by atomic mass is 28.4. The van der Waals surface area contributed by atoms with Gasteiger partial charge in [-0.15, -0.1) is 0 Å². The van der Waals surface area contributed by atoms with Crippen molar-refractivity contribution in [1.29, 1.82) is 0 Å². The first-order valence-corrected chi connectivity index (χ1v) is 13.1. The van der Waals surface area contributed by atoms with E-state index in [4.69, 9.17) is 4.43 Å². The molecule has 0 amide bonds. The maximum absolute atomic E-state index is 12.6. The topological polar surface area (TPSA) is 26.3 Å². The third kappa shape index (κ3) is 4.40. The molecule has 2 rings (SSSR count). The highest BCUT2D eigenvalue weighted by Crippen LogP contribution is 2.51. The summed E-state index contributed by atoms with van der Waals surface area (Å²) in [5.74, 6) is 0.453. The van der Waals surface area contributed by atoms with Crippen LogP contribution < -0.4 is 0 Å². The Labute approximate surface area is 157 Å². The van der Waals surface area contributed by atoms with E-state index in [1.54, 1.807) is 0 Å². The van der Waals surface area contributed by atoms with Gasteiger partial charge in [-0.2, -0.15) is 0 Å². The van der Waals surface area contributed by atoms with E-state index >= 15 is 0 Å². The quantitative estimate of drug-likeness (QED) is 0.488. The van der Waals surface area contributed by atoms with Gasteiger partial charge in [-0.1, -0.05) is 67.2 Å². The number of ketones is 1. The minimum absolute atomic E-state index is 0.180. The zero-order valence-electron chi connectivity index (χ0n) is 17.7. The zero-order valence-corrected chi connectivity index (χ0v) is 18.7. The first-order valence-electron chi connectivity index (χ1n) is 10.9. The Morgan fingerprint density at radius 1 is 0.840 bits per heavy atom. The summed E-state index contributed by atoms with van der Waals surface area (Å²) in [5.41, 5.74) is 2.06. The predicted molar refractivity (Wildman–Crippen MR) is 110 cm³/mol. The van der Waals surface area contributed by atoms with Gasteiger partial charge in [-0.25, -0.2) is 0 Å². The van der Waals surface area contributed by atoms with Crippen LogP contribution in [-0.4, -0.2) is 20.2 Å². The van der Waals surface area contributed by atoms with Crippen molar-refractivity contribution in [2.75, 3.05) is 0 Å². The third-order valence-corrected chi connectivity index (χ3v) is 13.5. The van der Waals surface area contributed by atoms with Gasteiger partial charge in [0.15, 0.2) is 0 Å². The fourth-order valence-corrected chi connectivity index (χ4v) is 11.8. The van der Waals surface area contributed by atoms with Crippen molar-refractivity contribution < 1.29 is 9.22 Å². The molecule has 2 fully saturated rings. The minimum Gasteiger partial charge on any atom is -0.412 e. The molecule has 2 saturated carbocycles. The summed E-state index contributed by atoms with van der Waals surface area (Å²) in [4.78, 5) is 12.6. The zero-order chi connectivity index (χ0) is 18.7. The summed E-state index contributed by atoms with van der Waals surface area (Å²) in [6.07, 6.45) is 11.8. The van der Waals surface area contributed by atoms with Crippen molar-refractivity contribution in [3.05, 3.63) is 0 Å². The normalized spacial score (nSPS) is 25.6. The Bertz CT molecular complexity index is 414. The number of carbonyl (C=O) groups excluding carboxylic acids is 1. The van der Waals surface area contributed by atoms with E-state index in [1.165, 1.54) is 44.9 Å². The summed E-state index contributed by atoms with van der Waals surface area (Å²) in [6.45, 7) is 14.2. The molecule has 0 radical (unpaired) electrons. The van der Waals surface area contributed by atoms with Crippen LogP contribution in [0.5, 0.6) is 0 Å². The molecule has 0 aromatic heterocycles. The number of Topliss-reactive ketones (excluding diaryl/α,β-unsaturated/α-hetero) is 1. The van der Waals surface area contributed by atoms with E-state index in [9.17, 15) is 4.79 Å². The molecule has 0 aliphatic heterocycles. The fourth-order valence-electron chi connectivity index (χ4n) is 6.13. The van der Waals surface area contributed by atoms with Crippen LogP contribution in [0.25, 0.3) is 0 Å². The number of hydrogen-bond donors (Lipinski definition) is 0. The summed E-state index contributed by atoms with van der Waals surface area (Å²) in [6, 6.07) is 0. The third-order valence-electron chi connectivity index (χ3n) is 7.38. The second-order valence-corrected chi connectivity index (χ2v) is 15.2. The molecule has 25 heavy (non-hydrogen) atoms. The van der Waals surface area contributed by atoms with E-state index in [0.29, 0.717) is 28.8 Å². The van der Waals surface area contributed by atoms with Gasteiger partial charge in [0.2, 0.25) is 8.32 Å². The van der Waals surface area contributed by atoms with Crippen LogP contribution >= 0.6 is 0 Å². The monoisotopic (exact) mass is 366 g/mol. The predicted octanol–water partition coefficient (Wildman–Crippen LogP) is 7.03. The highest BCUT2D eigenvalue weighted by Gasteiger charge is 2.51. The van der Waals surface area contributed by atoms with Crippen molar-refractivity contribution in [3.63, 3.8) is 0 Å². The molecule has 0 heterocycles. The second-order valence-electron chi connectivity index (χ2n) is 9.80. The van der Waals surface area contributed by atoms with E-state index in [-0.39, 0.29) is 11.5 Å². The molecule has 2 aliphatic carbocycles. The average Bonchev–Trinajstić information content (AvgIpc) is 2.54. The van der Waals surface area contributed by atoms with Gasteiger partial charge < -0.3 is 4.43 Å². The van der Waals surface area contributed by atoms with Crippen LogP contribution in [0.4, 0.5) is 0 Å². The smallest absolute Gasteiger partial charge is 0.200 e. The molecule has 1 atom stereocenters. The van der Waals surface area contributed by atoms with Gasteiger partial charge in [0, 0.05) is 12.8 Å². The summed E-state index contributed by atoms with van der Waals surface area (Å²) in [5, 5.41) is 0. The standard InChI is InChI=1S/C22H42O2Si/c1-17(2)25(18(3)4,19(5)6)24-21-16-20(23)12-8-11-15-22(21)13-9-7-10-14-22/h17-19,21H,7-16H2,1-6H3. The number of carbonyl (C=O) groups is 1. The summed E-state index contributed by atoms with van der Waals surface area (Å²) in [7, 11) is -1.95. The van der Waals surface area contributed by atoms with Crippen molar-refractivity contribution in [2.24, 2.45) is 5.41 Å². The number of rotatable bonds is 5. The van der Waals surface area contributed by atoms with Crippen LogP contribution in [0.1, 0.15) is 106 Å². The Morgan fingerprint density at radius 2 is 1.32 bits per heavy atom. The summed E-state index contributed by atoms with van der Waals surface area (Å²) >= 11 is 0. The van der Waals surface area contributed by atoms with Crippen molar-refractivity contribution in [1.82, 2.24) is 0 Å². The Hall–Kier alpha value is -0.153. The molecular weight excluding hydrogens is 324 g/mol. The Morgan fingerprint density at radius 3 is 1.80 bits per heavy atom. The second kappa shape index (κ2) is 8.69. The molecule has 1 spiro atoms. The summed E-state index contributed by atoms with van der Waals surface area (Å²) < 4.78 is 7.28. The van der Waals surface area contributed by atoms with Crippen molar-refractivity contribution in [2.45, 2.75) is 128 Å². The lowest BCUT2D eigenvalue weighted by molar-refractivity contribution is -0.125. The van der Waals surface area contributed by atoms with Gasteiger partial charge in [-0.3, -0.25) is 4.79 Å². The van der Waals surface area contributed by atoms with Crippen molar-refractivity contribution >= 4 is 14.1 Å². The molecule has 0 bridgehead atoms. The molecule has 1 unspecified atom stereocenters. The Kier molecular flexibility index (Phi) is 7.35. The molecule has 0 aromatic rings. The maximum Gasteiger partial charge on any atom is 0.200 e. The van der Waals surface area contributed by atoms with Crippen LogP contribution in [0.2, 0.25) is 16.6 Å². The molecule has 0 aromatic carbocycles. The molecular formula is C22H42O2Si. The van der Waals surface area contributed by atoms with E-state index in [0.717, 1.165) is 12.8 Å². The molecule has 2 nitrogen and oxygen atoms in total. The van der Waals surface area contributed by atoms with Crippen molar-refractivity contribution in [3.8, 4) is 0 Å². The Balaban J connectivity index is 2.38. The minimum atomic E-state index is -1.95. The maximum atomic E-state index is 12.6. The fraction of sp³-hybridized carbons (Fsp3) is 0.955. The van der Waals surface area contributed by atoms with Gasteiger partial charge in [0.1, 0.15) is 5.78 Å². The molecule has 0 saturated heterocycles. The first kappa shape index (κ1) is 21.2. The molecule has 146 valence electrons. The van der Waals surface area contributed by atoms with Crippen LogP contribution in [0.15, 0.2) is 0 Å². The first-order chi connectivity index (χ1) is 11.7. The lowest BCUT2D eigenvalue weighted by Gasteiger charge is -2.51. The van der Waals surface area contributed by atoms with E-state index in [1.807, 2.05) is 0 Å². The van der Waals surface area contributed by atoms with E-state index < -0.39 is 8.32 Å². The van der Waals surface area contributed by atoms with Gasteiger partial charge in [0.25, 0.3) is 0 Å². The lowest BCUT2D eigenvalue weighted by atomic mass is 9.65. The largest absolute Gasteiger partial charge is 0.412 e. The van der Waals surface area contributed by atoms with Gasteiger partial charge in [-0.05, 0) is 47.7 Å². The van der Waals surface area contributed by atoms with E-state index in [2.05, 4.69) is 41.5 Å². The van der Waals surface area contributed by atoms with Gasteiger partial charge in [0.05, 0.1) is 6.10 Å². The average molecular weight is 367 g/mol. The SMILES string of the molecule is CC(C)[Si](OC1CC(=O)CCCCC12CCCCC2)(C(C)C)C(C)C. The molecule has 3 heteroatoms. The van der Waals surface area contributed by atoms with Crippen LogP contribution in [0.3, 0.4) is 0 Å². The number of hydrogen-bond acceptors (Lipinski definition) is 2. The van der Waals surface area contributed by atoms with Crippen LogP contribution in [0, 0.1) is 5.41 Å². The lowest BCUT2D eigenvalue weighted by Crippen LogP contribution is -2.54. The molecule has 2 aliphatic rings. The van der Waals surface area contributed by atoms with Crippen LogP contribution in [-0.2, 0) is 9.22 Å².